The topological polar surface area (TPSA) is 58.0 Å². The number of hydrogen-bond acceptors (Lipinski definition) is 3. The summed E-state index contributed by atoms with van der Waals surface area (Å²) < 4.78 is 1.96. The Bertz CT molecular complexity index is 700. The maximum Gasteiger partial charge on any atom is 0.157 e. The summed E-state index contributed by atoms with van der Waals surface area (Å²) in [5.41, 5.74) is 3.66. The first-order valence-corrected chi connectivity index (χ1v) is 6.55. The highest BCUT2D eigenvalue weighted by Crippen LogP contribution is 2.29. The minimum Gasteiger partial charge on any atom is -0.313 e. The third-order valence-electron chi connectivity index (χ3n) is 3.01. The molecule has 6 heteroatoms. The van der Waals surface area contributed by atoms with E-state index in [0.717, 1.165) is 35.7 Å². The molecule has 0 bridgehead atoms. The Hall–Kier alpha value is -1.85. The zero-order chi connectivity index (χ0) is 13.2. The van der Waals surface area contributed by atoms with Crippen molar-refractivity contribution in [3.8, 4) is 11.4 Å². The number of H-pyrrole nitrogens is 1. The first kappa shape index (κ1) is 12.2. The van der Waals surface area contributed by atoms with Crippen molar-refractivity contribution in [2.45, 2.75) is 13.5 Å². The molecule has 3 heterocycles. The number of imidazole rings is 1. The van der Waals surface area contributed by atoms with Crippen molar-refractivity contribution in [3.05, 3.63) is 41.3 Å². The van der Waals surface area contributed by atoms with Crippen LogP contribution in [-0.2, 0) is 6.54 Å². The lowest BCUT2D eigenvalue weighted by atomic mass is 10.2. The first-order valence-electron chi connectivity index (χ1n) is 6.17. The Morgan fingerprint density at radius 3 is 3.16 bits per heavy atom. The first-order chi connectivity index (χ1) is 9.31. The van der Waals surface area contributed by atoms with Crippen LogP contribution < -0.4 is 5.32 Å². The standard InChI is InChI=1S/C13H14ClN5/c1-2-15-7-9-8-16-18-11(9)12-13(14)17-10-5-3-4-6-19(10)12/h3-6,8,15H,2,7H2,1H3,(H,16,18). The summed E-state index contributed by atoms with van der Waals surface area (Å²) in [7, 11) is 0. The van der Waals surface area contributed by atoms with Gasteiger partial charge in [-0.1, -0.05) is 24.6 Å². The molecule has 98 valence electrons. The van der Waals surface area contributed by atoms with Crippen LogP contribution in [0.1, 0.15) is 12.5 Å². The summed E-state index contributed by atoms with van der Waals surface area (Å²) in [6.45, 7) is 3.73. The number of pyridine rings is 1. The molecule has 2 N–H and O–H groups in total. The molecule has 0 fully saturated rings. The third kappa shape index (κ3) is 2.11. The molecule has 3 aromatic rings. The van der Waals surface area contributed by atoms with Gasteiger partial charge in [0.15, 0.2) is 5.15 Å². The fourth-order valence-electron chi connectivity index (χ4n) is 2.10. The van der Waals surface area contributed by atoms with Gasteiger partial charge in [0.05, 0.1) is 11.9 Å². The van der Waals surface area contributed by atoms with Crippen LogP contribution in [0.15, 0.2) is 30.6 Å². The molecule has 0 amide bonds. The summed E-state index contributed by atoms with van der Waals surface area (Å²) in [5, 5.41) is 10.9. The van der Waals surface area contributed by atoms with Gasteiger partial charge in [-0.05, 0) is 18.7 Å². The number of aromatic amines is 1. The average Bonchev–Trinajstić information content (AvgIpc) is 2.98. The van der Waals surface area contributed by atoms with Gasteiger partial charge in [-0.2, -0.15) is 5.10 Å². The molecule has 3 rings (SSSR count). The molecule has 0 atom stereocenters. The number of halogens is 1. The van der Waals surface area contributed by atoms with Gasteiger partial charge in [0.2, 0.25) is 0 Å². The molecule has 0 unspecified atom stereocenters. The fourth-order valence-corrected chi connectivity index (χ4v) is 2.37. The second-order valence-corrected chi connectivity index (χ2v) is 4.59. The summed E-state index contributed by atoms with van der Waals surface area (Å²) >= 11 is 6.26. The lowest BCUT2D eigenvalue weighted by Crippen LogP contribution is -2.12. The van der Waals surface area contributed by atoms with Gasteiger partial charge in [0.25, 0.3) is 0 Å². The van der Waals surface area contributed by atoms with Crippen LogP contribution in [0.3, 0.4) is 0 Å². The number of nitrogens with zero attached hydrogens (tertiary/aromatic N) is 3. The van der Waals surface area contributed by atoms with Gasteiger partial charge in [-0.3, -0.25) is 9.50 Å². The van der Waals surface area contributed by atoms with E-state index in [1.807, 2.05) is 35.0 Å². The van der Waals surface area contributed by atoms with E-state index in [0.29, 0.717) is 5.15 Å². The van der Waals surface area contributed by atoms with E-state index in [-0.39, 0.29) is 0 Å². The molecule has 5 nitrogen and oxygen atoms in total. The molecule has 0 aliphatic carbocycles. The van der Waals surface area contributed by atoms with Crippen LogP contribution in [0, 0.1) is 0 Å². The largest absolute Gasteiger partial charge is 0.313 e. The molecular formula is C13H14ClN5. The maximum atomic E-state index is 6.26. The Kier molecular flexibility index (Phi) is 3.23. The van der Waals surface area contributed by atoms with Crippen LogP contribution in [0.25, 0.3) is 17.0 Å². The molecule has 3 aromatic heterocycles. The number of fused-ring (bicyclic) bond motifs is 1. The van der Waals surface area contributed by atoms with Crippen LogP contribution in [0.4, 0.5) is 0 Å². The number of aromatic nitrogens is 4. The van der Waals surface area contributed by atoms with Crippen molar-refractivity contribution in [3.63, 3.8) is 0 Å². The fraction of sp³-hybridized carbons (Fsp3) is 0.231. The molecule has 0 aliphatic rings. The Balaban J connectivity index is 2.14. The van der Waals surface area contributed by atoms with Crippen molar-refractivity contribution in [1.29, 1.82) is 0 Å². The SMILES string of the molecule is CCNCc1cn[nH]c1-c1c(Cl)nc2ccccn12. The highest BCUT2D eigenvalue weighted by Gasteiger charge is 2.16. The Labute approximate surface area is 115 Å². The van der Waals surface area contributed by atoms with Gasteiger partial charge in [0, 0.05) is 18.3 Å². The number of hydrogen-bond donors (Lipinski definition) is 2. The molecule has 0 saturated heterocycles. The molecule has 0 aliphatic heterocycles. The second kappa shape index (κ2) is 5.03. The van der Waals surface area contributed by atoms with E-state index in [9.17, 15) is 0 Å². The van der Waals surface area contributed by atoms with Gasteiger partial charge in [0.1, 0.15) is 11.3 Å². The number of nitrogens with one attached hydrogen (secondary N) is 2. The highest BCUT2D eigenvalue weighted by molar-refractivity contribution is 6.32. The van der Waals surface area contributed by atoms with Crippen LogP contribution in [-0.4, -0.2) is 26.1 Å². The van der Waals surface area contributed by atoms with E-state index in [4.69, 9.17) is 11.6 Å². The quantitative estimate of drug-likeness (QED) is 0.769. The van der Waals surface area contributed by atoms with Crippen molar-refractivity contribution in [2.24, 2.45) is 0 Å². The van der Waals surface area contributed by atoms with E-state index >= 15 is 0 Å². The van der Waals surface area contributed by atoms with E-state index in [2.05, 4.69) is 27.4 Å². The van der Waals surface area contributed by atoms with E-state index in [1.54, 1.807) is 0 Å². The van der Waals surface area contributed by atoms with Crippen molar-refractivity contribution < 1.29 is 0 Å². The minimum atomic E-state index is 0.480. The zero-order valence-electron chi connectivity index (χ0n) is 10.5. The molecule has 19 heavy (non-hydrogen) atoms. The molecular weight excluding hydrogens is 262 g/mol. The van der Waals surface area contributed by atoms with E-state index in [1.165, 1.54) is 0 Å². The number of rotatable bonds is 4. The third-order valence-corrected chi connectivity index (χ3v) is 3.27. The van der Waals surface area contributed by atoms with Gasteiger partial charge in [-0.25, -0.2) is 4.98 Å². The minimum absolute atomic E-state index is 0.480. The zero-order valence-corrected chi connectivity index (χ0v) is 11.3. The Morgan fingerprint density at radius 1 is 1.42 bits per heavy atom. The van der Waals surface area contributed by atoms with Gasteiger partial charge >= 0.3 is 0 Å². The van der Waals surface area contributed by atoms with Crippen LogP contribution in [0.2, 0.25) is 5.15 Å². The van der Waals surface area contributed by atoms with Crippen molar-refractivity contribution in [2.75, 3.05) is 6.54 Å². The van der Waals surface area contributed by atoms with Gasteiger partial charge < -0.3 is 5.32 Å². The highest BCUT2D eigenvalue weighted by atomic mass is 35.5. The molecule has 0 spiro atoms. The summed E-state index contributed by atoms with van der Waals surface area (Å²) in [4.78, 5) is 4.35. The van der Waals surface area contributed by atoms with E-state index < -0.39 is 0 Å². The lowest BCUT2D eigenvalue weighted by Gasteiger charge is -2.04. The Morgan fingerprint density at radius 2 is 2.32 bits per heavy atom. The smallest absolute Gasteiger partial charge is 0.157 e. The van der Waals surface area contributed by atoms with Crippen LogP contribution >= 0.6 is 11.6 Å². The second-order valence-electron chi connectivity index (χ2n) is 4.23. The summed E-state index contributed by atoms with van der Waals surface area (Å²) in [6, 6.07) is 5.82. The van der Waals surface area contributed by atoms with Crippen LogP contribution in [0.5, 0.6) is 0 Å². The predicted molar refractivity (Wildman–Crippen MR) is 75.2 cm³/mol. The average molecular weight is 276 g/mol. The maximum absolute atomic E-state index is 6.26. The lowest BCUT2D eigenvalue weighted by molar-refractivity contribution is 0.728. The monoisotopic (exact) mass is 275 g/mol. The molecule has 0 saturated carbocycles. The summed E-state index contributed by atoms with van der Waals surface area (Å²) in [5.74, 6) is 0. The molecule has 0 radical (unpaired) electrons. The predicted octanol–water partition coefficient (Wildman–Crippen LogP) is 2.49. The van der Waals surface area contributed by atoms with Gasteiger partial charge in [-0.15, -0.1) is 0 Å². The van der Waals surface area contributed by atoms with Crippen molar-refractivity contribution in [1.82, 2.24) is 24.9 Å². The summed E-state index contributed by atoms with van der Waals surface area (Å²) in [6.07, 6.45) is 3.76. The van der Waals surface area contributed by atoms with Crippen molar-refractivity contribution >= 4 is 17.2 Å². The molecule has 0 aromatic carbocycles. The normalized spacial score (nSPS) is 11.3.